The van der Waals surface area contributed by atoms with Crippen molar-refractivity contribution in [1.29, 1.82) is 0 Å². The van der Waals surface area contributed by atoms with Crippen LogP contribution in [-0.2, 0) is 4.74 Å². The van der Waals surface area contributed by atoms with E-state index in [-0.39, 0.29) is 6.10 Å². The fraction of sp³-hybridized carbons (Fsp3) is 1.00. The Morgan fingerprint density at radius 1 is 1.33 bits per heavy atom. The molecule has 0 aliphatic heterocycles. The molecule has 0 aromatic rings. The Balaban J connectivity index is 2.17. The van der Waals surface area contributed by atoms with Crippen LogP contribution in [0.5, 0.6) is 0 Å². The molecule has 72 valence electrons. The van der Waals surface area contributed by atoms with Crippen molar-refractivity contribution in [2.24, 2.45) is 11.7 Å². The largest absolute Gasteiger partial charge is 0.374 e. The van der Waals surface area contributed by atoms with Gasteiger partial charge in [0.1, 0.15) is 0 Å². The molecule has 0 bridgehead atoms. The Morgan fingerprint density at radius 2 is 1.92 bits per heavy atom. The molecule has 1 fully saturated rings. The van der Waals surface area contributed by atoms with Crippen molar-refractivity contribution >= 4 is 0 Å². The molecule has 0 aromatic heterocycles. The van der Waals surface area contributed by atoms with Gasteiger partial charge in [-0.3, -0.25) is 0 Å². The highest BCUT2D eigenvalue weighted by Gasteiger charge is 2.19. The molecule has 0 heterocycles. The van der Waals surface area contributed by atoms with Crippen molar-refractivity contribution in [1.82, 2.24) is 0 Å². The number of nitrogens with two attached hydrogens (primary N) is 1. The standard InChI is InChI=1S/C10H21NO/c1-8-3-5-10(6-4-8)12-9(2)7-11/h8-10H,3-7,11H2,1-2H3. The zero-order chi connectivity index (χ0) is 8.97. The monoisotopic (exact) mass is 171 g/mol. The predicted octanol–water partition coefficient (Wildman–Crippen LogP) is 1.93. The van der Waals surface area contributed by atoms with Gasteiger partial charge in [-0.25, -0.2) is 0 Å². The van der Waals surface area contributed by atoms with Gasteiger partial charge in [0, 0.05) is 6.54 Å². The summed E-state index contributed by atoms with van der Waals surface area (Å²) < 4.78 is 5.76. The molecule has 1 atom stereocenters. The molecule has 1 aliphatic rings. The second kappa shape index (κ2) is 4.83. The maximum absolute atomic E-state index is 5.76. The topological polar surface area (TPSA) is 35.2 Å². The van der Waals surface area contributed by atoms with Gasteiger partial charge in [-0.05, 0) is 38.5 Å². The Labute approximate surface area is 75.5 Å². The maximum Gasteiger partial charge on any atom is 0.0672 e. The summed E-state index contributed by atoms with van der Waals surface area (Å²) >= 11 is 0. The molecule has 1 unspecified atom stereocenters. The van der Waals surface area contributed by atoms with Gasteiger partial charge >= 0.3 is 0 Å². The summed E-state index contributed by atoms with van der Waals surface area (Å²) in [6.07, 6.45) is 5.82. The minimum Gasteiger partial charge on any atom is -0.374 e. The van der Waals surface area contributed by atoms with Crippen LogP contribution in [0.4, 0.5) is 0 Å². The van der Waals surface area contributed by atoms with Crippen molar-refractivity contribution in [2.75, 3.05) is 6.54 Å². The van der Waals surface area contributed by atoms with Crippen LogP contribution in [0.25, 0.3) is 0 Å². The predicted molar refractivity (Wildman–Crippen MR) is 51.0 cm³/mol. The first kappa shape index (κ1) is 10.0. The zero-order valence-corrected chi connectivity index (χ0v) is 8.25. The fourth-order valence-corrected chi connectivity index (χ4v) is 1.75. The molecule has 2 nitrogen and oxygen atoms in total. The van der Waals surface area contributed by atoms with E-state index in [0.717, 1.165) is 5.92 Å². The lowest BCUT2D eigenvalue weighted by atomic mass is 9.89. The van der Waals surface area contributed by atoms with Gasteiger partial charge in [0.2, 0.25) is 0 Å². The molecule has 1 saturated carbocycles. The lowest BCUT2D eigenvalue weighted by molar-refractivity contribution is -0.0225. The van der Waals surface area contributed by atoms with Crippen LogP contribution >= 0.6 is 0 Å². The molecular weight excluding hydrogens is 150 g/mol. The normalized spacial score (nSPS) is 33.2. The van der Waals surface area contributed by atoms with Crippen LogP contribution in [0.1, 0.15) is 39.5 Å². The molecule has 0 spiro atoms. The van der Waals surface area contributed by atoms with Crippen LogP contribution in [0.3, 0.4) is 0 Å². The minimum absolute atomic E-state index is 0.239. The second-order valence-electron chi connectivity index (χ2n) is 4.06. The van der Waals surface area contributed by atoms with E-state index in [2.05, 4.69) is 13.8 Å². The first-order valence-corrected chi connectivity index (χ1v) is 5.08. The molecule has 2 N–H and O–H groups in total. The smallest absolute Gasteiger partial charge is 0.0672 e. The molecule has 0 amide bonds. The van der Waals surface area contributed by atoms with Crippen LogP contribution in [0, 0.1) is 5.92 Å². The van der Waals surface area contributed by atoms with Crippen molar-refractivity contribution in [3.63, 3.8) is 0 Å². The van der Waals surface area contributed by atoms with E-state index >= 15 is 0 Å². The van der Waals surface area contributed by atoms with Gasteiger partial charge in [-0.1, -0.05) is 6.92 Å². The average Bonchev–Trinajstić information content (AvgIpc) is 2.09. The van der Waals surface area contributed by atoms with Gasteiger partial charge in [-0.15, -0.1) is 0 Å². The maximum atomic E-state index is 5.76. The summed E-state index contributed by atoms with van der Waals surface area (Å²) in [7, 11) is 0. The van der Waals surface area contributed by atoms with Gasteiger partial charge in [0.05, 0.1) is 12.2 Å². The molecule has 0 radical (unpaired) electrons. The van der Waals surface area contributed by atoms with Crippen molar-refractivity contribution in [3.05, 3.63) is 0 Å². The highest BCUT2D eigenvalue weighted by Crippen LogP contribution is 2.25. The molecular formula is C10H21NO. The van der Waals surface area contributed by atoms with E-state index in [1.54, 1.807) is 0 Å². The highest BCUT2D eigenvalue weighted by molar-refractivity contribution is 4.71. The van der Waals surface area contributed by atoms with Crippen LogP contribution in [0.2, 0.25) is 0 Å². The third kappa shape index (κ3) is 3.11. The third-order valence-electron chi connectivity index (χ3n) is 2.72. The summed E-state index contributed by atoms with van der Waals surface area (Å²) in [5.41, 5.74) is 5.49. The number of ether oxygens (including phenoxy) is 1. The highest BCUT2D eigenvalue weighted by atomic mass is 16.5. The van der Waals surface area contributed by atoms with E-state index in [9.17, 15) is 0 Å². The van der Waals surface area contributed by atoms with Gasteiger partial charge in [0.15, 0.2) is 0 Å². The van der Waals surface area contributed by atoms with E-state index in [1.165, 1.54) is 25.7 Å². The third-order valence-corrected chi connectivity index (χ3v) is 2.72. The molecule has 0 saturated heterocycles. The average molecular weight is 171 g/mol. The van der Waals surface area contributed by atoms with Gasteiger partial charge in [0.25, 0.3) is 0 Å². The molecule has 2 heteroatoms. The lowest BCUT2D eigenvalue weighted by Crippen LogP contribution is -2.29. The Kier molecular flexibility index (Phi) is 4.02. The second-order valence-corrected chi connectivity index (χ2v) is 4.06. The van der Waals surface area contributed by atoms with Crippen LogP contribution < -0.4 is 5.73 Å². The van der Waals surface area contributed by atoms with E-state index in [1.807, 2.05) is 0 Å². The number of hydrogen-bond acceptors (Lipinski definition) is 2. The van der Waals surface area contributed by atoms with E-state index in [0.29, 0.717) is 12.6 Å². The van der Waals surface area contributed by atoms with Crippen molar-refractivity contribution in [2.45, 2.75) is 51.7 Å². The van der Waals surface area contributed by atoms with Crippen LogP contribution in [-0.4, -0.2) is 18.8 Å². The zero-order valence-electron chi connectivity index (χ0n) is 8.25. The Bertz CT molecular complexity index is 119. The first-order valence-electron chi connectivity index (χ1n) is 5.08. The van der Waals surface area contributed by atoms with Gasteiger partial charge < -0.3 is 10.5 Å². The fourth-order valence-electron chi connectivity index (χ4n) is 1.75. The first-order chi connectivity index (χ1) is 5.72. The van der Waals surface area contributed by atoms with Crippen LogP contribution in [0.15, 0.2) is 0 Å². The number of hydrogen-bond donors (Lipinski definition) is 1. The Hall–Kier alpha value is -0.0800. The summed E-state index contributed by atoms with van der Waals surface area (Å²) in [5, 5.41) is 0. The minimum atomic E-state index is 0.239. The van der Waals surface area contributed by atoms with Crippen molar-refractivity contribution in [3.8, 4) is 0 Å². The van der Waals surface area contributed by atoms with Gasteiger partial charge in [-0.2, -0.15) is 0 Å². The summed E-state index contributed by atoms with van der Waals surface area (Å²) in [6.45, 7) is 5.02. The summed E-state index contributed by atoms with van der Waals surface area (Å²) in [4.78, 5) is 0. The van der Waals surface area contributed by atoms with Crippen molar-refractivity contribution < 1.29 is 4.74 Å². The SMILES string of the molecule is CC1CCC(OC(C)CN)CC1. The number of rotatable bonds is 3. The molecule has 1 aliphatic carbocycles. The molecule has 1 rings (SSSR count). The van der Waals surface area contributed by atoms with E-state index < -0.39 is 0 Å². The summed E-state index contributed by atoms with van der Waals surface area (Å²) in [6, 6.07) is 0. The van der Waals surface area contributed by atoms with E-state index in [4.69, 9.17) is 10.5 Å². The molecule has 0 aromatic carbocycles. The Morgan fingerprint density at radius 3 is 2.42 bits per heavy atom. The quantitative estimate of drug-likeness (QED) is 0.704. The lowest BCUT2D eigenvalue weighted by Gasteiger charge is -2.28. The summed E-state index contributed by atoms with van der Waals surface area (Å²) in [5.74, 6) is 0.901. The molecule has 12 heavy (non-hydrogen) atoms.